The Morgan fingerprint density at radius 1 is 1.38 bits per heavy atom. The molecule has 0 aromatic rings. The van der Waals surface area contributed by atoms with Gasteiger partial charge in [-0.1, -0.05) is 13.0 Å². The van der Waals surface area contributed by atoms with E-state index in [9.17, 15) is 4.79 Å². The molecule has 0 aromatic carbocycles. The number of rotatable bonds is 2. The Hall–Kier alpha value is -1.07. The zero-order valence-corrected chi connectivity index (χ0v) is 13.6. The van der Waals surface area contributed by atoms with Gasteiger partial charge in [0.25, 0.3) is 0 Å². The maximum atomic E-state index is 12.5. The molecule has 0 radical (unpaired) electrons. The van der Waals surface area contributed by atoms with E-state index in [-0.39, 0.29) is 18.2 Å². The normalized spacial score (nSPS) is 28.7. The lowest BCUT2D eigenvalue weighted by Crippen LogP contribution is -2.58. The Bertz CT molecular complexity index is 396. The van der Waals surface area contributed by atoms with Crippen LogP contribution in [0.3, 0.4) is 0 Å². The van der Waals surface area contributed by atoms with Gasteiger partial charge in [-0.3, -0.25) is 4.90 Å². The zero-order chi connectivity index (χ0) is 15.7. The Labute approximate surface area is 127 Å². The Morgan fingerprint density at radius 2 is 2.00 bits per heavy atom. The molecule has 1 unspecified atom stereocenters. The van der Waals surface area contributed by atoms with Gasteiger partial charge in [-0.05, 0) is 27.2 Å². The average Bonchev–Trinajstić information content (AvgIpc) is 2.83. The fourth-order valence-corrected chi connectivity index (χ4v) is 3.10. The molecule has 120 valence electrons. The predicted molar refractivity (Wildman–Crippen MR) is 80.0 cm³/mol. The molecule has 2 heterocycles. The summed E-state index contributed by atoms with van der Waals surface area (Å²) in [4.78, 5) is 14.3. The van der Waals surface area contributed by atoms with Crippen molar-refractivity contribution < 1.29 is 19.0 Å². The first-order chi connectivity index (χ1) is 9.80. The summed E-state index contributed by atoms with van der Waals surface area (Å²) in [5, 5.41) is 0. The lowest BCUT2D eigenvalue weighted by Gasteiger charge is -2.47. The fraction of sp³-hybridized carbons (Fsp3) is 0.812. The summed E-state index contributed by atoms with van der Waals surface area (Å²) < 4.78 is 17.2. The van der Waals surface area contributed by atoms with Crippen LogP contribution in [0, 0.1) is 0 Å². The minimum atomic E-state index is -0.557. The Balaban J connectivity index is 2.19. The maximum Gasteiger partial charge on any atom is 0.411 e. The van der Waals surface area contributed by atoms with Crippen LogP contribution in [0.5, 0.6) is 0 Å². The third-order valence-corrected chi connectivity index (χ3v) is 3.98. The van der Waals surface area contributed by atoms with E-state index < -0.39 is 11.4 Å². The van der Waals surface area contributed by atoms with Crippen LogP contribution in [0.15, 0.2) is 12.7 Å². The molecule has 0 bridgehead atoms. The van der Waals surface area contributed by atoms with Gasteiger partial charge in [0.1, 0.15) is 5.60 Å². The minimum Gasteiger partial charge on any atom is -0.444 e. The van der Waals surface area contributed by atoms with Crippen molar-refractivity contribution in [1.29, 1.82) is 0 Å². The molecule has 2 aliphatic heterocycles. The first-order valence-corrected chi connectivity index (χ1v) is 7.72. The van der Waals surface area contributed by atoms with Crippen molar-refractivity contribution in [2.75, 3.05) is 13.2 Å². The SMILES string of the molecule is C=C[C@H]1CC2(CC(CC)N1C(=O)OC(C)(C)C)OCCO2. The van der Waals surface area contributed by atoms with Crippen molar-refractivity contribution in [1.82, 2.24) is 4.90 Å². The molecule has 5 heteroatoms. The molecular weight excluding hydrogens is 270 g/mol. The average molecular weight is 297 g/mol. The second-order valence-electron chi connectivity index (χ2n) is 6.77. The number of hydrogen-bond donors (Lipinski definition) is 0. The van der Waals surface area contributed by atoms with Gasteiger partial charge >= 0.3 is 6.09 Å². The molecule has 0 N–H and O–H groups in total. The molecule has 1 amide bonds. The predicted octanol–water partition coefficient (Wildman–Crippen LogP) is 3.09. The van der Waals surface area contributed by atoms with Crippen molar-refractivity contribution in [2.45, 2.75) is 70.4 Å². The zero-order valence-electron chi connectivity index (χ0n) is 13.6. The van der Waals surface area contributed by atoms with Crippen molar-refractivity contribution in [3.05, 3.63) is 12.7 Å². The highest BCUT2D eigenvalue weighted by atomic mass is 16.7. The smallest absolute Gasteiger partial charge is 0.411 e. The number of likely N-dealkylation sites (tertiary alicyclic amines) is 1. The molecule has 2 aliphatic rings. The van der Waals surface area contributed by atoms with Crippen LogP contribution in [0.1, 0.15) is 47.0 Å². The summed E-state index contributed by atoms with van der Waals surface area (Å²) in [6.45, 7) is 12.8. The van der Waals surface area contributed by atoms with E-state index >= 15 is 0 Å². The van der Waals surface area contributed by atoms with E-state index in [1.165, 1.54) is 0 Å². The maximum absolute atomic E-state index is 12.5. The summed E-state index contributed by atoms with van der Waals surface area (Å²) in [5.41, 5.74) is -0.503. The summed E-state index contributed by atoms with van der Waals surface area (Å²) in [7, 11) is 0. The molecule has 2 atom stereocenters. The number of ether oxygens (including phenoxy) is 3. The number of piperidine rings is 1. The largest absolute Gasteiger partial charge is 0.444 e. The van der Waals surface area contributed by atoms with E-state index in [1.54, 1.807) is 11.0 Å². The highest BCUT2D eigenvalue weighted by molar-refractivity contribution is 5.69. The van der Waals surface area contributed by atoms with Crippen LogP contribution in [0.4, 0.5) is 4.79 Å². The summed E-state index contributed by atoms with van der Waals surface area (Å²) >= 11 is 0. The van der Waals surface area contributed by atoms with Crippen LogP contribution in [0.2, 0.25) is 0 Å². The molecule has 0 saturated carbocycles. The molecule has 21 heavy (non-hydrogen) atoms. The Morgan fingerprint density at radius 3 is 2.48 bits per heavy atom. The second-order valence-corrected chi connectivity index (χ2v) is 6.77. The monoisotopic (exact) mass is 297 g/mol. The third-order valence-electron chi connectivity index (χ3n) is 3.98. The van der Waals surface area contributed by atoms with Crippen molar-refractivity contribution in [2.24, 2.45) is 0 Å². The molecule has 0 aromatic heterocycles. The molecular formula is C16H27NO4. The number of carbonyl (C=O) groups is 1. The van der Waals surface area contributed by atoms with Crippen LogP contribution in [0.25, 0.3) is 0 Å². The van der Waals surface area contributed by atoms with E-state index in [1.807, 2.05) is 20.8 Å². The number of amides is 1. The number of hydrogen-bond acceptors (Lipinski definition) is 4. The molecule has 2 fully saturated rings. The first kappa shape index (κ1) is 16.3. The van der Waals surface area contributed by atoms with Crippen LogP contribution in [-0.4, -0.2) is 47.7 Å². The third kappa shape index (κ3) is 3.58. The molecule has 0 aliphatic carbocycles. The van der Waals surface area contributed by atoms with Crippen molar-refractivity contribution >= 4 is 6.09 Å². The van der Waals surface area contributed by atoms with Crippen molar-refractivity contribution in [3.8, 4) is 0 Å². The quantitative estimate of drug-likeness (QED) is 0.735. The minimum absolute atomic E-state index is 0.0368. The van der Waals surface area contributed by atoms with Crippen LogP contribution >= 0.6 is 0 Å². The van der Waals surface area contributed by atoms with Gasteiger partial charge in [0.2, 0.25) is 0 Å². The van der Waals surface area contributed by atoms with Gasteiger partial charge in [-0.25, -0.2) is 4.79 Å². The lowest BCUT2D eigenvalue weighted by molar-refractivity contribution is -0.201. The standard InChI is InChI=1S/C16H27NO4/c1-6-12-10-16(19-8-9-20-16)11-13(7-2)17(12)14(18)21-15(3,4)5/h6,12-13H,1,7-11H2,2-5H3/t12-,13?/m0/s1. The lowest BCUT2D eigenvalue weighted by atomic mass is 9.89. The molecule has 1 spiro atoms. The summed E-state index contributed by atoms with van der Waals surface area (Å²) in [6, 6.07) is -0.0913. The molecule has 2 rings (SSSR count). The Kier molecular flexibility index (Phi) is 4.63. The fourth-order valence-electron chi connectivity index (χ4n) is 3.10. The highest BCUT2D eigenvalue weighted by Crippen LogP contribution is 2.39. The van der Waals surface area contributed by atoms with Gasteiger partial charge < -0.3 is 14.2 Å². The van der Waals surface area contributed by atoms with Gasteiger partial charge in [-0.15, -0.1) is 6.58 Å². The van der Waals surface area contributed by atoms with E-state index in [0.29, 0.717) is 26.1 Å². The van der Waals surface area contributed by atoms with Crippen LogP contribution < -0.4 is 0 Å². The summed E-state index contributed by atoms with van der Waals surface area (Å²) in [5.74, 6) is -0.557. The van der Waals surface area contributed by atoms with E-state index in [0.717, 1.165) is 6.42 Å². The van der Waals surface area contributed by atoms with Crippen LogP contribution in [-0.2, 0) is 14.2 Å². The van der Waals surface area contributed by atoms with Gasteiger partial charge in [0.15, 0.2) is 5.79 Å². The van der Waals surface area contributed by atoms with Gasteiger partial charge in [0.05, 0.1) is 19.3 Å². The summed E-state index contributed by atoms with van der Waals surface area (Å²) in [6.07, 6.45) is 3.64. The molecule has 5 nitrogen and oxygen atoms in total. The first-order valence-electron chi connectivity index (χ1n) is 7.72. The van der Waals surface area contributed by atoms with Crippen molar-refractivity contribution in [3.63, 3.8) is 0 Å². The number of nitrogens with zero attached hydrogens (tertiary/aromatic N) is 1. The second kappa shape index (κ2) is 5.97. The van der Waals surface area contributed by atoms with Gasteiger partial charge in [-0.2, -0.15) is 0 Å². The highest BCUT2D eigenvalue weighted by Gasteiger charge is 2.49. The van der Waals surface area contributed by atoms with E-state index in [2.05, 4.69) is 13.5 Å². The number of carbonyl (C=O) groups excluding carboxylic acids is 1. The van der Waals surface area contributed by atoms with E-state index in [4.69, 9.17) is 14.2 Å². The van der Waals surface area contributed by atoms with Gasteiger partial charge in [0, 0.05) is 18.9 Å². The molecule has 2 saturated heterocycles. The topological polar surface area (TPSA) is 48.0 Å².